The van der Waals surface area contributed by atoms with E-state index >= 15 is 0 Å². The fraction of sp³-hybridized carbons (Fsp3) is 0.353. The van der Waals surface area contributed by atoms with Crippen LogP contribution in [0, 0.1) is 0 Å². The number of nitrogens with zero attached hydrogens (tertiary/aromatic N) is 2. The summed E-state index contributed by atoms with van der Waals surface area (Å²) in [7, 11) is 4.05. The summed E-state index contributed by atoms with van der Waals surface area (Å²) in [5.74, 6) is 0.930. The molecule has 1 aromatic carbocycles. The Morgan fingerprint density at radius 3 is 2.67 bits per heavy atom. The molecule has 0 atom stereocenters. The van der Waals surface area contributed by atoms with Gasteiger partial charge in [0.05, 0.1) is 18.0 Å². The molecule has 1 aromatic heterocycles. The third-order valence-corrected chi connectivity index (χ3v) is 3.17. The molecule has 2 aromatic rings. The molecule has 0 aliphatic rings. The SMILES string of the molecule is CCOc1cc(CNCc2ccccn2)ccc1N(C)C. The van der Waals surface area contributed by atoms with Gasteiger partial charge in [-0.15, -0.1) is 0 Å². The lowest BCUT2D eigenvalue weighted by Gasteiger charge is -2.18. The van der Waals surface area contributed by atoms with Crippen LogP contribution < -0.4 is 15.0 Å². The second kappa shape index (κ2) is 7.64. The molecule has 0 aliphatic carbocycles. The van der Waals surface area contributed by atoms with Gasteiger partial charge in [-0.3, -0.25) is 4.98 Å². The highest BCUT2D eigenvalue weighted by Crippen LogP contribution is 2.28. The standard InChI is InChI=1S/C17H23N3O/c1-4-21-17-11-14(8-9-16(17)20(2)3)12-18-13-15-7-5-6-10-19-15/h5-11,18H,4,12-13H2,1-3H3. The minimum absolute atomic E-state index is 0.672. The van der Waals surface area contributed by atoms with E-state index in [4.69, 9.17) is 4.74 Å². The Labute approximate surface area is 126 Å². The molecule has 0 fully saturated rings. The number of pyridine rings is 1. The van der Waals surface area contributed by atoms with Crippen molar-refractivity contribution in [3.63, 3.8) is 0 Å². The first-order valence-electron chi connectivity index (χ1n) is 7.24. The van der Waals surface area contributed by atoms with E-state index < -0.39 is 0 Å². The molecule has 4 heteroatoms. The zero-order valence-corrected chi connectivity index (χ0v) is 13.0. The number of nitrogens with one attached hydrogen (secondary N) is 1. The summed E-state index contributed by atoms with van der Waals surface area (Å²) in [5.41, 5.74) is 3.36. The van der Waals surface area contributed by atoms with E-state index in [0.29, 0.717) is 6.61 Å². The van der Waals surface area contributed by atoms with Crippen molar-refractivity contribution < 1.29 is 4.74 Å². The molecule has 1 heterocycles. The van der Waals surface area contributed by atoms with Gasteiger partial charge in [-0.1, -0.05) is 12.1 Å². The molecule has 0 saturated heterocycles. The van der Waals surface area contributed by atoms with Crippen LogP contribution in [0.4, 0.5) is 5.69 Å². The third-order valence-electron chi connectivity index (χ3n) is 3.17. The zero-order chi connectivity index (χ0) is 15.1. The lowest BCUT2D eigenvalue weighted by molar-refractivity contribution is 0.340. The monoisotopic (exact) mass is 285 g/mol. The minimum Gasteiger partial charge on any atom is -0.492 e. The zero-order valence-electron chi connectivity index (χ0n) is 13.0. The van der Waals surface area contributed by atoms with Crippen molar-refractivity contribution >= 4 is 5.69 Å². The topological polar surface area (TPSA) is 37.4 Å². The first-order chi connectivity index (χ1) is 10.2. The average Bonchev–Trinajstić information content (AvgIpc) is 2.49. The normalized spacial score (nSPS) is 10.4. The van der Waals surface area contributed by atoms with Gasteiger partial charge in [-0.25, -0.2) is 0 Å². The summed E-state index contributed by atoms with van der Waals surface area (Å²) < 4.78 is 5.72. The molecular formula is C17H23N3O. The van der Waals surface area contributed by atoms with Crippen LogP contribution in [-0.4, -0.2) is 25.7 Å². The van der Waals surface area contributed by atoms with Crippen LogP contribution in [0.3, 0.4) is 0 Å². The highest BCUT2D eigenvalue weighted by atomic mass is 16.5. The fourth-order valence-corrected chi connectivity index (χ4v) is 2.15. The Bertz CT molecular complexity index is 555. The molecule has 0 saturated carbocycles. The molecule has 0 spiro atoms. The second-order valence-corrected chi connectivity index (χ2v) is 5.05. The van der Waals surface area contributed by atoms with Gasteiger partial charge in [0.1, 0.15) is 5.75 Å². The summed E-state index contributed by atoms with van der Waals surface area (Å²) in [6.45, 7) is 4.24. The molecule has 112 valence electrons. The van der Waals surface area contributed by atoms with Gasteiger partial charge in [-0.2, -0.15) is 0 Å². The van der Waals surface area contributed by atoms with Crippen LogP contribution in [0.2, 0.25) is 0 Å². The molecule has 2 rings (SSSR count). The number of benzene rings is 1. The highest BCUT2D eigenvalue weighted by Gasteiger charge is 2.06. The Morgan fingerprint density at radius 2 is 2.00 bits per heavy atom. The predicted octanol–water partition coefficient (Wildman–Crippen LogP) is 2.84. The maximum absolute atomic E-state index is 5.72. The number of rotatable bonds is 7. The quantitative estimate of drug-likeness (QED) is 0.849. The molecular weight excluding hydrogens is 262 g/mol. The smallest absolute Gasteiger partial charge is 0.142 e. The van der Waals surface area contributed by atoms with Crippen molar-refractivity contribution in [3.8, 4) is 5.75 Å². The Balaban J connectivity index is 1.98. The van der Waals surface area contributed by atoms with Crippen molar-refractivity contribution in [1.29, 1.82) is 0 Å². The van der Waals surface area contributed by atoms with Gasteiger partial charge in [0.15, 0.2) is 0 Å². The van der Waals surface area contributed by atoms with E-state index in [2.05, 4.69) is 33.4 Å². The van der Waals surface area contributed by atoms with E-state index in [1.165, 1.54) is 5.56 Å². The number of aromatic nitrogens is 1. The van der Waals surface area contributed by atoms with Crippen molar-refractivity contribution in [2.45, 2.75) is 20.0 Å². The Morgan fingerprint density at radius 1 is 1.14 bits per heavy atom. The summed E-state index contributed by atoms with van der Waals surface area (Å²) in [4.78, 5) is 6.37. The van der Waals surface area contributed by atoms with E-state index in [0.717, 1.165) is 30.2 Å². The summed E-state index contributed by atoms with van der Waals surface area (Å²) >= 11 is 0. The minimum atomic E-state index is 0.672. The number of hydrogen-bond acceptors (Lipinski definition) is 4. The molecule has 1 N–H and O–H groups in total. The molecule has 0 aliphatic heterocycles. The lowest BCUT2D eigenvalue weighted by atomic mass is 10.1. The fourth-order valence-electron chi connectivity index (χ4n) is 2.15. The molecule has 0 radical (unpaired) electrons. The largest absolute Gasteiger partial charge is 0.492 e. The Kier molecular flexibility index (Phi) is 5.58. The number of anilines is 1. The molecule has 21 heavy (non-hydrogen) atoms. The van der Waals surface area contributed by atoms with Crippen LogP contribution in [0.5, 0.6) is 5.75 Å². The van der Waals surface area contributed by atoms with Crippen LogP contribution in [0.15, 0.2) is 42.6 Å². The van der Waals surface area contributed by atoms with Crippen LogP contribution in [0.1, 0.15) is 18.2 Å². The van der Waals surface area contributed by atoms with Crippen molar-refractivity contribution in [1.82, 2.24) is 10.3 Å². The van der Waals surface area contributed by atoms with Gasteiger partial charge in [0, 0.05) is 33.4 Å². The van der Waals surface area contributed by atoms with E-state index in [9.17, 15) is 0 Å². The van der Waals surface area contributed by atoms with Gasteiger partial charge in [0.25, 0.3) is 0 Å². The lowest BCUT2D eigenvalue weighted by Crippen LogP contribution is -2.15. The molecule has 0 amide bonds. The Hall–Kier alpha value is -2.07. The summed E-state index contributed by atoms with van der Waals surface area (Å²) in [6.07, 6.45) is 1.82. The van der Waals surface area contributed by atoms with Gasteiger partial charge in [-0.05, 0) is 36.8 Å². The predicted molar refractivity (Wildman–Crippen MR) is 86.7 cm³/mol. The summed E-state index contributed by atoms with van der Waals surface area (Å²) in [5, 5.41) is 3.40. The van der Waals surface area contributed by atoms with E-state index in [-0.39, 0.29) is 0 Å². The van der Waals surface area contributed by atoms with Gasteiger partial charge >= 0.3 is 0 Å². The first kappa shape index (κ1) is 15.3. The van der Waals surface area contributed by atoms with Crippen molar-refractivity contribution in [2.75, 3.05) is 25.6 Å². The van der Waals surface area contributed by atoms with Crippen LogP contribution in [0.25, 0.3) is 0 Å². The second-order valence-electron chi connectivity index (χ2n) is 5.05. The molecule has 0 unspecified atom stereocenters. The average molecular weight is 285 g/mol. The highest BCUT2D eigenvalue weighted by molar-refractivity contribution is 5.58. The van der Waals surface area contributed by atoms with Crippen LogP contribution in [-0.2, 0) is 13.1 Å². The van der Waals surface area contributed by atoms with Gasteiger partial charge in [0.2, 0.25) is 0 Å². The maximum Gasteiger partial charge on any atom is 0.142 e. The summed E-state index contributed by atoms with van der Waals surface area (Å²) in [6, 6.07) is 12.3. The van der Waals surface area contributed by atoms with Crippen molar-refractivity contribution in [3.05, 3.63) is 53.9 Å². The number of hydrogen-bond donors (Lipinski definition) is 1. The first-order valence-corrected chi connectivity index (χ1v) is 7.24. The maximum atomic E-state index is 5.72. The molecule has 0 bridgehead atoms. The molecule has 4 nitrogen and oxygen atoms in total. The van der Waals surface area contributed by atoms with E-state index in [1.807, 2.05) is 45.4 Å². The van der Waals surface area contributed by atoms with E-state index in [1.54, 1.807) is 0 Å². The number of ether oxygens (including phenoxy) is 1. The van der Waals surface area contributed by atoms with Gasteiger partial charge < -0.3 is 15.0 Å². The third kappa shape index (κ3) is 4.46. The van der Waals surface area contributed by atoms with Crippen LogP contribution >= 0.6 is 0 Å². The van der Waals surface area contributed by atoms with Crippen molar-refractivity contribution in [2.24, 2.45) is 0 Å².